The molecule has 4 amide bonds. The van der Waals surface area contributed by atoms with Gasteiger partial charge in [-0.2, -0.15) is 0 Å². The monoisotopic (exact) mass is 1130 g/mol. The molecule has 8 rings (SSSR count). The first-order valence-corrected chi connectivity index (χ1v) is 27.5. The molecule has 0 unspecified atom stereocenters. The van der Waals surface area contributed by atoms with E-state index in [4.69, 9.17) is 15.2 Å². The minimum absolute atomic E-state index is 0. The van der Waals surface area contributed by atoms with Crippen molar-refractivity contribution in [2.24, 2.45) is 5.73 Å². The number of piperazine rings is 2. The lowest BCUT2D eigenvalue weighted by molar-refractivity contribution is -0.150. The Morgan fingerprint density at radius 2 is 0.902 bits per heavy atom. The highest BCUT2D eigenvalue weighted by Crippen LogP contribution is 2.30. The van der Waals surface area contributed by atoms with Gasteiger partial charge >= 0.3 is 12.2 Å². The van der Waals surface area contributed by atoms with E-state index in [0.717, 1.165) is 34.4 Å². The van der Waals surface area contributed by atoms with Crippen molar-refractivity contribution in [3.05, 3.63) is 203 Å². The Balaban J connectivity index is 0.000000279. The topological polar surface area (TPSA) is 210 Å². The maximum absolute atomic E-state index is 14.6. The lowest BCUT2D eigenvalue weighted by Gasteiger charge is -2.46. The van der Waals surface area contributed by atoms with E-state index < -0.39 is 83.2 Å². The van der Waals surface area contributed by atoms with Crippen LogP contribution in [0.3, 0.4) is 0 Å². The van der Waals surface area contributed by atoms with E-state index in [9.17, 15) is 48.4 Å². The van der Waals surface area contributed by atoms with Gasteiger partial charge in [0.05, 0.1) is 12.2 Å². The van der Waals surface area contributed by atoms with Gasteiger partial charge in [0.25, 0.3) is 0 Å². The largest absolute Gasteiger partial charge is 0.508 e. The Hall–Kier alpha value is -7.90. The number of halogens is 2. The number of carbonyl (C=O) groups is 4. The highest BCUT2D eigenvalue weighted by molar-refractivity contribution is 5.88. The summed E-state index contributed by atoms with van der Waals surface area (Å²) in [5.41, 5.74) is 9.17. The van der Waals surface area contributed by atoms with Crippen LogP contribution in [-0.2, 0) is 58.1 Å². The number of phenolic OH excluding ortho intramolecular Hbond substituents is 2. The molecule has 438 valence electrons. The number of carbonyl (C=O) groups excluding carboxylic acids is 4. The molecular weight excluding hydrogens is 1050 g/mol. The molecule has 6 atom stereocenters. The molecule has 6 N–H and O–H groups in total. The number of nitrogens with zero attached hydrogens (tertiary/aromatic N) is 5. The van der Waals surface area contributed by atoms with Gasteiger partial charge in [0.2, 0.25) is 11.8 Å². The lowest BCUT2D eigenvalue weighted by Crippen LogP contribution is -2.66. The van der Waals surface area contributed by atoms with E-state index in [1.165, 1.54) is 34.1 Å². The number of aromatic hydroxyl groups is 2. The molecule has 2 aliphatic heterocycles. The van der Waals surface area contributed by atoms with Crippen molar-refractivity contribution in [1.82, 2.24) is 24.5 Å². The number of benzene rings is 6. The Morgan fingerprint density at radius 1 is 0.549 bits per heavy atom. The van der Waals surface area contributed by atoms with Gasteiger partial charge in [-0.1, -0.05) is 121 Å². The third-order valence-electron chi connectivity index (χ3n) is 13.9. The molecule has 0 aliphatic carbocycles. The van der Waals surface area contributed by atoms with Crippen LogP contribution in [0.15, 0.2) is 158 Å². The fourth-order valence-electron chi connectivity index (χ4n) is 10.2. The van der Waals surface area contributed by atoms with Crippen LogP contribution in [0.5, 0.6) is 11.5 Å². The molecule has 6 aromatic rings. The van der Waals surface area contributed by atoms with E-state index in [1.54, 1.807) is 51.3 Å². The van der Waals surface area contributed by atoms with Gasteiger partial charge < -0.3 is 45.4 Å². The number of hydrogen-bond acceptors (Lipinski definition) is 12. The van der Waals surface area contributed by atoms with E-state index >= 15 is 0 Å². The van der Waals surface area contributed by atoms with Crippen LogP contribution in [0.2, 0.25) is 0 Å². The predicted molar refractivity (Wildman–Crippen MR) is 309 cm³/mol. The minimum Gasteiger partial charge on any atom is -0.508 e. The van der Waals surface area contributed by atoms with Crippen molar-refractivity contribution in [3.8, 4) is 11.5 Å². The summed E-state index contributed by atoms with van der Waals surface area (Å²) in [7, 11) is 0. The van der Waals surface area contributed by atoms with Crippen molar-refractivity contribution < 1.29 is 59.3 Å². The molecule has 6 aromatic carbocycles. The number of hydrogen-bond donors (Lipinski definition) is 5. The van der Waals surface area contributed by atoms with Gasteiger partial charge in [-0.3, -0.25) is 24.3 Å². The highest BCUT2D eigenvalue weighted by atomic mass is 19.1. The van der Waals surface area contributed by atoms with Crippen molar-refractivity contribution >= 4 is 24.0 Å². The molecule has 16 nitrogen and oxygen atoms in total. The third kappa shape index (κ3) is 17.6. The van der Waals surface area contributed by atoms with Crippen molar-refractivity contribution in [1.29, 1.82) is 0 Å². The summed E-state index contributed by atoms with van der Waals surface area (Å²) in [4.78, 5) is 62.4. The summed E-state index contributed by atoms with van der Waals surface area (Å²) in [6.45, 7) is 12.6. The van der Waals surface area contributed by atoms with Gasteiger partial charge in [0.15, 0.2) is 0 Å². The number of rotatable bonds is 17. The van der Waals surface area contributed by atoms with E-state index in [1.807, 2.05) is 126 Å². The molecule has 0 aromatic heterocycles. The van der Waals surface area contributed by atoms with Gasteiger partial charge in [-0.15, -0.1) is 0 Å². The predicted octanol–water partition coefficient (Wildman–Crippen LogP) is 8.81. The van der Waals surface area contributed by atoms with E-state index in [2.05, 4.69) is 0 Å². The molecule has 0 bridgehead atoms. The number of phenols is 2. The van der Waals surface area contributed by atoms with Gasteiger partial charge in [-0.05, 0) is 112 Å². The Morgan fingerprint density at radius 3 is 1.27 bits per heavy atom. The van der Waals surface area contributed by atoms with Crippen LogP contribution in [-0.4, -0.2) is 143 Å². The zero-order chi connectivity index (χ0) is 59.3. The quantitative estimate of drug-likeness (QED) is 0.0581. The number of ether oxygens (including phenoxy) is 2. The third-order valence-corrected chi connectivity index (χ3v) is 13.9. The minimum atomic E-state index is -1.45. The Labute approximate surface area is 480 Å². The highest BCUT2D eigenvalue weighted by Gasteiger charge is 2.48. The van der Waals surface area contributed by atoms with E-state index in [0.29, 0.717) is 37.3 Å². The normalized spacial score (nSPS) is 17.4. The Bertz CT molecular complexity index is 2980. The molecule has 0 saturated carbocycles. The summed E-state index contributed by atoms with van der Waals surface area (Å²) in [5.74, 6) is -2.63. The fourth-order valence-corrected chi connectivity index (χ4v) is 10.2. The molecule has 2 fully saturated rings. The molecule has 82 heavy (non-hydrogen) atoms. The number of aliphatic hydroxyl groups excluding tert-OH is 2. The summed E-state index contributed by atoms with van der Waals surface area (Å²) < 4.78 is 39.5. The maximum Gasteiger partial charge on any atom is 0.411 e. The van der Waals surface area contributed by atoms with Crippen LogP contribution < -0.4 is 5.73 Å². The van der Waals surface area contributed by atoms with Crippen LogP contribution in [0.4, 0.5) is 18.4 Å². The van der Waals surface area contributed by atoms with E-state index in [-0.39, 0.29) is 51.9 Å². The van der Waals surface area contributed by atoms with Crippen molar-refractivity contribution in [3.63, 3.8) is 0 Å². The van der Waals surface area contributed by atoms with Gasteiger partial charge in [-0.25, -0.2) is 18.4 Å². The van der Waals surface area contributed by atoms with Crippen molar-refractivity contribution in [2.45, 2.75) is 128 Å². The maximum atomic E-state index is 14.6. The van der Waals surface area contributed by atoms with Crippen molar-refractivity contribution in [2.75, 3.05) is 26.2 Å². The van der Waals surface area contributed by atoms with Crippen LogP contribution >= 0.6 is 0 Å². The molecular formula is C64H78F2N6O10. The average molecular weight is 1130 g/mol. The van der Waals surface area contributed by atoms with Gasteiger partial charge in [0, 0.05) is 78.0 Å². The molecule has 0 spiro atoms. The molecule has 2 aliphatic rings. The first-order valence-electron chi connectivity index (χ1n) is 27.5. The first kappa shape index (κ1) is 61.7. The number of aliphatic hydroxyl groups is 2. The summed E-state index contributed by atoms with van der Waals surface area (Å²) in [6.07, 6.45) is -4.24. The van der Waals surface area contributed by atoms with Gasteiger partial charge in [0.1, 0.15) is 46.4 Å². The molecule has 0 radical (unpaired) electrons. The number of nitrogens with two attached hydrogens (primary N) is 1. The average Bonchev–Trinajstić information content (AvgIpc) is 3.57. The molecule has 18 heteroatoms. The fraction of sp³-hybridized carbons (Fsp3) is 0.375. The SMILES string of the molecule is CC(C)(C)OC(=O)N1CCN(Cc2ccccc2)C(=O)[C@@H]1[C@@H](O)[C@@H](Cc1cc(O)cc(F)c1)N(Cc1ccccc1)Cc1ccccc1.CC(C)(C)OC(=O)N1CCN(Cc2ccccc2)C(=O)[C@@H]1[C@@H](O)[C@@H](N)Cc1cc(O)cc(F)c1.[HH]. The zero-order valence-corrected chi connectivity index (χ0v) is 47.4. The molecule has 2 saturated heterocycles. The van der Waals surface area contributed by atoms with Crippen LogP contribution in [0.1, 0.15) is 76.3 Å². The summed E-state index contributed by atoms with van der Waals surface area (Å²) >= 11 is 0. The second-order valence-corrected chi connectivity index (χ2v) is 22.9. The Kier molecular flexibility index (Phi) is 20.9. The standard InChI is InChI=1S/C39H44FN3O5.C25H32FN3O5.H2/c1-39(2,3)48-38(47)43-20-19-41(25-28-13-7-4-8-14-28)37(46)35(43)36(45)34(23-31-21-32(40)24-33(44)22-31)42(26-29-15-9-5-10-16-29)27-30-17-11-6-12-18-30;1-25(2,3)34-24(33)29-10-9-28(15-16-7-5-4-6-8-16)23(32)21(29)22(31)20(27)13-17-11-18(26)14-19(30)12-17;/h4-18,21-22,24,34-36,44-45H,19-20,23,25-27H2,1-3H3;4-8,11-12,14,20-22,30-31H,9-10,13,15,27H2,1-3H3;1H/t34-,35+,36+;20-,21-,22-;/m10./s1. The second-order valence-electron chi connectivity index (χ2n) is 22.9. The lowest BCUT2D eigenvalue weighted by atomic mass is 9.91. The number of amides is 4. The second kappa shape index (κ2) is 27.7. The summed E-state index contributed by atoms with van der Waals surface area (Å²) in [6, 6.07) is 41.4. The smallest absolute Gasteiger partial charge is 0.411 e. The first-order chi connectivity index (χ1) is 38.9. The van der Waals surface area contributed by atoms with Crippen LogP contribution in [0, 0.1) is 11.6 Å². The zero-order valence-electron chi connectivity index (χ0n) is 47.4. The molecule has 2 heterocycles. The van der Waals surface area contributed by atoms with Crippen LogP contribution in [0.25, 0.3) is 0 Å². The summed E-state index contributed by atoms with van der Waals surface area (Å²) in [5, 5.41) is 43.6.